The van der Waals surface area contributed by atoms with Crippen LogP contribution in [0.15, 0.2) is 17.0 Å². The van der Waals surface area contributed by atoms with Crippen LogP contribution in [-0.2, 0) is 16.6 Å². The third-order valence-electron chi connectivity index (χ3n) is 2.22. The average Bonchev–Trinajstić information content (AvgIpc) is 2.30. The van der Waals surface area contributed by atoms with Crippen molar-refractivity contribution in [3.63, 3.8) is 0 Å². The van der Waals surface area contributed by atoms with Crippen molar-refractivity contribution in [2.24, 2.45) is 0 Å². The molecule has 0 radical (unpaired) electrons. The lowest BCUT2D eigenvalue weighted by Crippen LogP contribution is -2.20. The van der Waals surface area contributed by atoms with E-state index in [1.54, 1.807) is 0 Å². The Labute approximate surface area is 105 Å². The van der Waals surface area contributed by atoms with E-state index in [1.807, 2.05) is 6.92 Å². The Kier molecular flexibility index (Phi) is 4.88. The predicted octanol–water partition coefficient (Wildman–Crippen LogP) is 1.50. The van der Waals surface area contributed by atoms with Gasteiger partial charge in [-0.1, -0.05) is 18.5 Å². The molecule has 2 N–H and O–H groups in total. The van der Waals surface area contributed by atoms with E-state index in [1.165, 1.54) is 13.1 Å². The zero-order chi connectivity index (χ0) is 13.1. The summed E-state index contributed by atoms with van der Waals surface area (Å²) in [5.74, 6) is -0.740. The van der Waals surface area contributed by atoms with Crippen LogP contribution in [0.4, 0.5) is 4.39 Å². The van der Waals surface area contributed by atoms with Crippen molar-refractivity contribution >= 4 is 21.6 Å². The van der Waals surface area contributed by atoms with E-state index in [0.717, 1.165) is 6.07 Å². The van der Waals surface area contributed by atoms with Crippen LogP contribution in [0.5, 0.6) is 0 Å². The molecule has 0 atom stereocenters. The standard InChI is InChI=1S/C10H14ClFN2O2S/c1-3-14-6-7-4-8(17(15,16)13-2)5-9(12)10(7)11/h4-5,13-14H,3,6H2,1-2H3. The maximum absolute atomic E-state index is 13.5. The second-order valence-corrected chi connectivity index (χ2v) is 5.63. The monoisotopic (exact) mass is 280 g/mol. The van der Waals surface area contributed by atoms with Gasteiger partial charge < -0.3 is 5.32 Å². The van der Waals surface area contributed by atoms with E-state index in [-0.39, 0.29) is 9.92 Å². The SMILES string of the molecule is CCNCc1cc(S(=O)(=O)NC)cc(F)c1Cl. The molecule has 0 unspecified atom stereocenters. The summed E-state index contributed by atoms with van der Waals surface area (Å²) in [7, 11) is -2.39. The van der Waals surface area contributed by atoms with Crippen LogP contribution in [0.25, 0.3) is 0 Å². The molecule has 0 aromatic heterocycles. The van der Waals surface area contributed by atoms with Gasteiger partial charge in [0.25, 0.3) is 0 Å². The normalized spacial score (nSPS) is 11.8. The zero-order valence-corrected chi connectivity index (χ0v) is 11.1. The van der Waals surface area contributed by atoms with Crippen LogP contribution in [-0.4, -0.2) is 22.0 Å². The minimum Gasteiger partial charge on any atom is -0.313 e. The molecule has 1 aromatic rings. The summed E-state index contributed by atoms with van der Waals surface area (Å²) < 4.78 is 38.7. The summed E-state index contributed by atoms with van der Waals surface area (Å²) in [4.78, 5) is -0.130. The van der Waals surface area contributed by atoms with E-state index < -0.39 is 15.8 Å². The van der Waals surface area contributed by atoms with Gasteiger partial charge in [-0.25, -0.2) is 17.5 Å². The lowest BCUT2D eigenvalue weighted by atomic mass is 10.2. The molecule has 1 rings (SSSR count). The van der Waals surface area contributed by atoms with E-state index in [9.17, 15) is 12.8 Å². The van der Waals surface area contributed by atoms with Crippen molar-refractivity contribution in [3.05, 3.63) is 28.5 Å². The molecule has 0 saturated carbocycles. The zero-order valence-electron chi connectivity index (χ0n) is 9.55. The smallest absolute Gasteiger partial charge is 0.240 e. The molecule has 0 heterocycles. The number of nitrogens with one attached hydrogen (secondary N) is 2. The largest absolute Gasteiger partial charge is 0.313 e. The Hall–Kier alpha value is -0.690. The van der Waals surface area contributed by atoms with Crippen molar-refractivity contribution in [2.75, 3.05) is 13.6 Å². The molecule has 0 spiro atoms. The van der Waals surface area contributed by atoms with Gasteiger partial charge in [0.15, 0.2) is 0 Å². The quantitative estimate of drug-likeness (QED) is 0.859. The van der Waals surface area contributed by atoms with Gasteiger partial charge in [-0.05, 0) is 31.3 Å². The fourth-order valence-electron chi connectivity index (χ4n) is 1.28. The lowest BCUT2D eigenvalue weighted by Gasteiger charge is -2.09. The summed E-state index contributed by atoms with van der Waals surface area (Å²) in [5.41, 5.74) is 0.419. The molecule has 4 nitrogen and oxygen atoms in total. The summed E-state index contributed by atoms with van der Waals surface area (Å²) in [6.07, 6.45) is 0. The number of halogens is 2. The first-order valence-corrected chi connectivity index (χ1v) is 6.90. The molecule has 0 bridgehead atoms. The molecular weight excluding hydrogens is 267 g/mol. The summed E-state index contributed by atoms with van der Waals surface area (Å²) in [6, 6.07) is 2.27. The Morgan fingerprint density at radius 2 is 2.06 bits per heavy atom. The maximum atomic E-state index is 13.5. The highest BCUT2D eigenvalue weighted by Crippen LogP contribution is 2.24. The van der Waals surface area contributed by atoms with Crippen LogP contribution < -0.4 is 10.0 Å². The highest BCUT2D eigenvalue weighted by molar-refractivity contribution is 7.89. The Bertz CT molecular complexity index is 505. The molecule has 0 aliphatic rings. The summed E-state index contributed by atoms with van der Waals surface area (Å²) in [6.45, 7) is 2.89. The van der Waals surface area contributed by atoms with Gasteiger partial charge in [0, 0.05) is 6.54 Å². The molecule has 17 heavy (non-hydrogen) atoms. The Morgan fingerprint density at radius 3 is 2.59 bits per heavy atom. The molecule has 1 aromatic carbocycles. The molecule has 0 amide bonds. The minimum atomic E-state index is -3.66. The molecule has 0 aliphatic carbocycles. The van der Waals surface area contributed by atoms with Crippen LogP contribution >= 0.6 is 11.6 Å². The minimum absolute atomic E-state index is 0.0546. The van der Waals surface area contributed by atoms with Gasteiger partial charge in [-0.15, -0.1) is 0 Å². The van der Waals surface area contributed by atoms with E-state index in [2.05, 4.69) is 10.0 Å². The van der Waals surface area contributed by atoms with Crippen molar-refractivity contribution in [1.29, 1.82) is 0 Å². The van der Waals surface area contributed by atoms with Crippen LogP contribution in [0.3, 0.4) is 0 Å². The van der Waals surface area contributed by atoms with E-state index in [0.29, 0.717) is 18.7 Å². The second-order valence-electron chi connectivity index (χ2n) is 3.37. The summed E-state index contributed by atoms with van der Waals surface area (Å²) in [5, 5.41) is 2.91. The average molecular weight is 281 g/mol. The molecule has 0 aliphatic heterocycles. The van der Waals surface area contributed by atoms with E-state index >= 15 is 0 Å². The molecular formula is C10H14ClFN2O2S. The molecule has 0 saturated heterocycles. The number of hydrogen-bond donors (Lipinski definition) is 2. The molecule has 7 heteroatoms. The third-order valence-corrected chi connectivity index (χ3v) is 4.04. The van der Waals surface area contributed by atoms with E-state index in [4.69, 9.17) is 11.6 Å². The van der Waals surface area contributed by atoms with Crippen LogP contribution in [0.1, 0.15) is 12.5 Å². The van der Waals surface area contributed by atoms with Crippen molar-refractivity contribution in [3.8, 4) is 0 Å². The summed E-state index contributed by atoms with van der Waals surface area (Å²) >= 11 is 5.76. The van der Waals surface area contributed by atoms with Crippen LogP contribution in [0, 0.1) is 5.82 Å². The first kappa shape index (κ1) is 14.4. The topological polar surface area (TPSA) is 58.2 Å². The van der Waals surface area contributed by atoms with Crippen molar-refractivity contribution in [2.45, 2.75) is 18.4 Å². The van der Waals surface area contributed by atoms with Gasteiger partial charge >= 0.3 is 0 Å². The number of hydrogen-bond acceptors (Lipinski definition) is 3. The number of rotatable bonds is 5. The highest BCUT2D eigenvalue weighted by Gasteiger charge is 2.17. The fourth-order valence-corrected chi connectivity index (χ4v) is 2.25. The molecule has 96 valence electrons. The van der Waals surface area contributed by atoms with Gasteiger partial charge in [0.2, 0.25) is 10.0 Å². The number of benzene rings is 1. The van der Waals surface area contributed by atoms with Crippen molar-refractivity contribution in [1.82, 2.24) is 10.0 Å². The van der Waals surface area contributed by atoms with Gasteiger partial charge in [-0.3, -0.25) is 0 Å². The Balaban J connectivity index is 3.24. The van der Waals surface area contributed by atoms with Gasteiger partial charge in [0.05, 0.1) is 9.92 Å². The Morgan fingerprint density at radius 1 is 1.41 bits per heavy atom. The number of sulfonamides is 1. The van der Waals surface area contributed by atoms with Crippen LogP contribution in [0.2, 0.25) is 5.02 Å². The highest BCUT2D eigenvalue weighted by atomic mass is 35.5. The van der Waals surface area contributed by atoms with Crippen molar-refractivity contribution < 1.29 is 12.8 Å². The predicted molar refractivity (Wildman–Crippen MR) is 65.0 cm³/mol. The fraction of sp³-hybridized carbons (Fsp3) is 0.400. The van der Waals surface area contributed by atoms with Gasteiger partial charge in [0.1, 0.15) is 5.82 Å². The van der Waals surface area contributed by atoms with Gasteiger partial charge in [-0.2, -0.15) is 0 Å². The lowest BCUT2D eigenvalue weighted by molar-refractivity contribution is 0.582. The second kappa shape index (κ2) is 5.77. The first-order valence-electron chi connectivity index (χ1n) is 5.04. The first-order chi connectivity index (χ1) is 7.92. The molecule has 0 fully saturated rings. The maximum Gasteiger partial charge on any atom is 0.240 e. The third kappa shape index (κ3) is 3.38.